The number of anilines is 1. The van der Waals surface area contributed by atoms with Crippen molar-refractivity contribution < 1.29 is 9.53 Å². The third kappa shape index (κ3) is 2.12. The Kier molecular flexibility index (Phi) is 3.42. The third-order valence-corrected chi connectivity index (χ3v) is 2.69. The zero-order valence-electron chi connectivity index (χ0n) is 9.71. The zero-order valence-corrected chi connectivity index (χ0v) is 10.5. The maximum absolute atomic E-state index is 11.6. The minimum absolute atomic E-state index is 0.0788. The Balaban J connectivity index is 2.47. The molecule has 0 saturated heterocycles. The number of rotatable bonds is 3. The molecule has 0 bridgehead atoms. The lowest BCUT2D eigenvalue weighted by Crippen LogP contribution is -2.06. The fourth-order valence-corrected chi connectivity index (χ4v) is 1.75. The quantitative estimate of drug-likeness (QED) is 0.500. The number of ether oxygens (including phenoxy) is 1. The Morgan fingerprint density at radius 2 is 2.28 bits per heavy atom. The number of nitrogens with one attached hydrogen (secondary N) is 1. The zero-order chi connectivity index (χ0) is 13.1. The number of H-pyrrole nitrogens is 1. The van der Waals surface area contributed by atoms with Crippen LogP contribution in [0.5, 0.6) is 0 Å². The smallest absolute Gasteiger partial charge is 0.362 e. The summed E-state index contributed by atoms with van der Waals surface area (Å²) in [4.78, 5) is 11.6. The number of hydrogen-bond acceptors (Lipinski definition) is 5. The van der Waals surface area contributed by atoms with E-state index >= 15 is 0 Å². The summed E-state index contributed by atoms with van der Waals surface area (Å²) in [5.41, 5.74) is 7.09. The first-order valence-corrected chi connectivity index (χ1v) is 5.75. The molecule has 7 heteroatoms. The SMILES string of the molecule is CCOC(=O)c1n[nH]n(-c2ccccc2N)c1=S. The van der Waals surface area contributed by atoms with Crippen LogP contribution in [0.2, 0.25) is 0 Å². The predicted octanol–water partition coefficient (Wildman–Crippen LogP) is 1.69. The molecule has 0 aliphatic rings. The van der Waals surface area contributed by atoms with Crippen molar-refractivity contribution >= 4 is 23.9 Å². The molecule has 0 aliphatic heterocycles. The van der Waals surface area contributed by atoms with Crippen molar-refractivity contribution in [1.29, 1.82) is 0 Å². The highest BCUT2D eigenvalue weighted by Gasteiger charge is 2.16. The van der Waals surface area contributed by atoms with E-state index < -0.39 is 5.97 Å². The second-order valence-electron chi connectivity index (χ2n) is 3.48. The second kappa shape index (κ2) is 5.01. The van der Waals surface area contributed by atoms with Gasteiger partial charge in [0.2, 0.25) is 5.69 Å². The molecule has 0 atom stereocenters. The van der Waals surface area contributed by atoms with E-state index in [1.54, 1.807) is 19.1 Å². The summed E-state index contributed by atoms with van der Waals surface area (Å²) in [6.45, 7) is 1.99. The van der Waals surface area contributed by atoms with Crippen molar-refractivity contribution in [1.82, 2.24) is 15.0 Å². The fraction of sp³-hybridized carbons (Fsp3) is 0.182. The van der Waals surface area contributed by atoms with E-state index in [0.29, 0.717) is 11.4 Å². The van der Waals surface area contributed by atoms with E-state index in [9.17, 15) is 4.79 Å². The molecule has 0 unspecified atom stereocenters. The second-order valence-corrected chi connectivity index (χ2v) is 3.87. The Bertz CT molecular complexity index is 632. The van der Waals surface area contributed by atoms with E-state index in [4.69, 9.17) is 22.7 Å². The molecule has 0 aliphatic carbocycles. The number of nitrogens with two attached hydrogens (primary N) is 1. The van der Waals surface area contributed by atoms with Crippen LogP contribution in [-0.2, 0) is 4.74 Å². The molecule has 1 aromatic heterocycles. The summed E-state index contributed by atoms with van der Waals surface area (Å²) >= 11 is 5.17. The lowest BCUT2D eigenvalue weighted by Gasteiger charge is -2.04. The van der Waals surface area contributed by atoms with Gasteiger partial charge in [-0.2, -0.15) is 0 Å². The molecule has 0 fully saturated rings. The van der Waals surface area contributed by atoms with Crippen LogP contribution in [0.1, 0.15) is 17.4 Å². The molecule has 0 amide bonds. The summed E-state index contributed by atoms with van der Waals surface area (Å²) in [6.07, 6.45) is 0. The van der Waals surface area contributed by atoms with Crippen LogP contribution in [0.3, 0.4) is 0 Å². The molecule has 1 aromatic carbocycles. The highest BCUT2D eigenvalue weighted by atomic mass is 32.1. The van der Waals surface area contributed by atoms with Gasteiger partial charge in [-0.1, -0.05) is 24.4 Å². The molecule has 6 nitrogen and oxygen atoms in total. The van der Waals surface area contributed by atoms with Crippen molar-refractivity contribution in [2.24, 2.45) is 0 Å². The van der Waals surface area contributed by atoms with E-state index in [0.717, 1.165) is 0 Å². The summed E-state index contributed by atoms with van der Waals surface area (Å²) in [6, 6.07) is 7.14. The molecular formula is C11H12N4O2S. The Morgan fingerprint density at radius 1 is 1.56 bits per heavy atom. The number of carbonyl (C=O) groups excluding carboxylic acids is 1. The topological polar surface area (TPSA) is 85.9 Å². The predicted molar refractivity (Wildman–Crippen MR) is 69.1 cm³/mol. The van der Waals surface area contributed by atoms with Crippen molar-refractivity contribution in [3.63, 3.8) is 0 Å². The first-order chi connectivity index (χ1) is 8.65. The number of para-hydroxylation sites is 2. The van der Waals surface area contributed by atoms with Crippen LogP contribution < -0.4 is 5.73 Å². The van der Waals surface area contributed by atoms with Crippen molar-refractivity contribution in [3.05, 3.63) is 34.6 Å². The minimum Gasteiger partial charge on any atom is -0.461 e. The number of nitrogen functional groups attached to an aromatic ring is 1. The van der Waals surface area contributed by atoms with E-state index in [2.05, 4.69) is 10.3 Å². The van der Waals surface area contributed by atoms with Gasteiger partial charge in [-0.3, -0.25) is 0 Å². The van der Waals surface area contributed by atoms with Crippen molar-refractivity contribution in [2.75, 3.05) is 12.3 Å². The summed E-state index contributed by atoms with van der Waals surface area (Å²) in [5.74, 6) is -0.549. The summed E-state index contributed by atoms with van der Waals surface area (Å²) < 4.78 is 6.57. The van der Waals surface area contributed by atoms with Crippen LogP contribution >= 0.6 is 12.2 Å². The lowest BCUT2D eigenvalue weighted by atomic mass is 10.3. The summed E-state index contributed by atoms with van der Waals surface area (Å²) in [5, 5.41) is 6.51. The first-order valence-electron chi connectivity index (χ1n) is 5.34. The monoisotopic (exact) mass is 264 g/mol. The highest BCUT2D eigenvalue weighted by Crippen LogP contribution is 2.16. The maximum atomic E-state index is 11.6. The van der Waals surface area contributed by atoms with Crippen molar-refractivity contribution in [3.8, 4) is 5.69 Å². The van der Waals surface area contributed by atoms with E-state index in [1.165, 1.54) is 4.68 Å². The van der Waals surface area contributed by atoms with Crippen LogP contribution in [0.15, 0.2) is 24.3 Å². The molecule has 1 heterocycles. The van der Waals surface area contributed by atoms with Gasteiger partial charge in [0.1, 0.15) is 0 Å². The largest absolute Gasteiger partial charge is 0.461 e. The Hall–Kier alpha value is -2.15. The number of aromatic amines is 1. The average Bonchev–Trinajstić information content (AvgIpc) is 2.72. The van der Waals surface area contributed by atoms with Crippen molar-refractivity contribution in [2.45, 2.75) is 6.92 Å². The molecule has 18 heavy (non-hydrogen) atoms. The maximum Gasteiger partial charge on any atom is 0.362 e. The molecule has 2 aromatic rings. The van der Waals surface area contributed by atoms with Crippen LogP contribution in [0.4, 0.5) is 5.69 Å². The summed E-state index contributed by atoms with van der Waals surface area (Å²) in [7, 11) is 0. The standard InChI is InChI=1S/C11H12N4O2S/c1-2-17-11(16)9-10(18)15(14-13-9)8-6-4-3-5-7(8)12/h3-6,14H,2,12H2,1H3. The van der Waals surface area contributed by atoms with Crippen LogP contribution in [0.25, 0.3) is 5.69 Å². The van der Waals surface area contributed by atoms with Crippen LogP contribution in [-0.4, -0.2) is 27.6 Å². The number of hydrogen-bond donors (Lipinski definition) is 2. The van der Waals surface area contributed by atoms with Gasteiger partial charge < -0.3 is 10.5 Å². The van der Waals surface area contributed by atoms with Gasteiger partial charge in [0, 0.05) is 0 Å². The fourth-order valence-electron chi connectivity index (χ4n) is 1.49. The van der Waals surface area contributed by atoms with Crippen LogP contribution in [0, 0.1) is 4.64 Å². The number of carbonyl (C=O) groups is 1. The van der Waals surface area contributed by atoms with E-state index in [1.807, 2.05) is 12.1 Å². The van der Waals surface area contributed by atoms with Gasteiger partial charge in [0.15, 0.2) is 4.64 Å². The molecule has 0 radical (unpaired) electrons. The van der Waals surface area contributed by atoms with Gasteiger partial charge in [0.05, 0.1) is 18.0 Å². The normalized spacial score (nSPS) is 10.3. The molecule has 2 rings (SSSR count). The third-order valence-electron chi connectivity index (χ3n) is 2.31. The molecular weight excluding hydrogens is 252 g/mol. The lowest BCUT2D eigenvalue weighted by molar-refractivity contribution is 0.0518. The number of esters is 1. The number of benzene rings is 1. The minimum atomic E-state index is -0.549. The average molecular weight is 264 g/mol. The Labute approximate surface area is 108 Å². The van der Waals surface area contributed by atoms with Gasteiger partial charge in [0.25, 0.3) is 0 Å². The van der Waals surface area contributed by atoms with Gasteiger partial charge in [-0.05, 0) is 19.1 Å². The molecule has 94 valence electrons. The molecule has 3 N–H and O–H groups in total. The number of aromatic nitrogens is 3. The first kappa shape index (κ1) is 12.3. The Morgan fingerprint density at radius 3 is 2.94 bits per heavy atom. The molecule has 0 saturated carbocycles. The van der Waals surface area contributed by atoms with Gasteiger partial charge in [-0.25, -0.2) is 14.7 Å². The molecule has 0 spiro atoms. The van der Waals surface area contributed by atoms with Gasteiger partial charge in [-0.15, -0.1) is 5.10 Å². The number of nitrogens with zero attached hydrogens (tertiary/aromatic N) is 2. The highest BCUT2D eigenvalue weighted by molar-refractivity contribution is 7.71. The van der Waals surface area contributed by atoms with E-state index in [-0.39, 0.29) is 16.9 Å². The van der Waals surface area contributed by atoms with Gasteiger partial charge >= 0.3 is 5.97 Å².